The van der Waals surface area contributed by atoms with Crippen LogP contribution < -0.4 is 4.84 Å². The van der Waals surface area contributed by atoms with Gasteiger partial charge in [-0.25, -0.2) is 4.79 Å². The molecule has 3 aromatic rings. The minimum atomic E-state index is -0.637. The van der Waals surface area contributed by atoms with Crippen LogP contribution in [0.25, 0.3) is 5.69 Å². The van der Waals surface area contributed by atoms with Crippen molar-refractivity contribution in [1.29, 1.82) is 0 Å². The number of benzene rings is 1. The lowest BCUT2D eigenvalue weighted by atomic mass is 10.0. The van der Waals surface area contributed by atoms with Crippen LogP contribution in [0.2, 0.25) is 5.02 Å². The van der Waals surface area contributed by atoms with E-state index in [0.717, 1.165) is 5.69 Å². The zero-order chi connectivity index (χ0) is 17.3. The summed E-state index contributed by atoms with van der Waals surface area (Å²) >= 11 is 6.30. The quantitative estimate of drug-likeness (QED) is 0.761. The maximum absolute atomic E-state index is 12.2. The Morgan fingerprint density at radius 3 is 2.33 bits per heavy atom. The molecule has 0 aliphatic rings. The highest BCUT2D eigenvalue weighted by Gasteiger charge is 2.21. The van der Waals surface area contributed by atoms with Crippen LogP contribution >= 0.6 is 11.6 Å². The van der Waals surface area contributed by atoms with E-state index in [2.05, 4.69) is 0 Å². The van der Waals surface area contributed by atoms with Crippen LogP contribution in [0.15, 0.2) is 54.9 Å². The van der Waals surface area contributed by atoms with Crippen LogP contribution in [0.4, 0.5) is 0 Å². The summed E-state index contributed by atoms with van der Waals surface area (Å²) in [5.41, 5.74) is 1.46. The summed E-state index contributed by atoms with van der Waals surface area (Å²) in [5, 5.41) is 19.5. The fourth-order valence-corrected chi connectivity index (χ4v) is 2.58. The fraction of sp³-hybridized carbons (Fsp3) is 0.118. The van der Waals surface area contributed by atoms with Crippen LogP contribution in [-0.4, -0.2) is 25.5 Å². The van der Waals surface area contributed by atoms with Gasteiger partial charge in [-0.3, -0.25) is 0 Å². The number of rotatable bonds is 4. The molecule has 0 amide bonds. The number of halogens is 1. The molecule has 7 heteroatoms. The number of aromatic nitrogens is 2. The van der Waals surface area contributed by atoms with E-state index >= 15 is 0 Å². The third-order valence-corrected chi connectivity index (χ3v) is 3.99. The largest absolute Gasteiger partial charge is 0.492 e. The molecule has 2 aromatic heterocycles. The van der Waals surface area contributed by atoms with Gasteiger partial charge in [-0.1, -0.05) is 17.7 Å². The van der Waals surface area contributed by atoms with Crippen molar-refractivity contribution in [2.24, 2.45) is 0 Å². The van der Waals surface area contributed by atoms with Crippen LogP contribution in [0.1, 0.15) is 18.4 Å². The number of aromatic hydroxyl groups is 2. The highest BCUT2D eigenvalue weighted by Crippen LogP contribution is 2.27. The predicted octanol–water partition coefficient (Wildman–Crippen LogP) is 3.10. The second kappa shape index (κ2) is 6.33. The Labute approximate surface area is 143 Å². The molecule has 1 aromatic carbocycles. The standard InChI is InChI=1S/C17H15ClN2O4/c1-11(17(23)24-20-15(21)6-7-16(20)22)12-4-5-14(13(18)10-12)19-8-2-3-9-19/h2-11,21-22H,1H3. The topological polar surface area (TPSA) is 76.6 Å². The lowest BCUT2D eigenvalue weighted by Gasteiger charge is -2.14. The SMILES string of the molecule is CC(C(=O)On1c(O)ccc1O)c1ccc(-n2cccc2)c(Cl)c1. The first-order valence-corrected chi connectivity index (χ1v) is 7.60. The van der Waals surface area contributed by atoms with Gasteiger partial charge in [-0.05, 0) is 36.8 Å². The van der Waals surface area contributed by atoms with Crippen LogP contribution in [0, 0.1) is 0 Å². The van der Waals surface area contributed by atoms with Crippen LogP contribution in [-0.2, 0) is 4.79 Å². The van der Waals surface area contributed by atoms with Gasteiger partial charge < -0.3 is 19.6 Å². The van der Waals surface area contributed by atoms with Gasteiger partial charge in [0.2, 0.25) is 11.8 Å². The average Bonchev–Trinajstić information content (AvgIpc) is 3.19. The van der Waals surface area contributed by atoms with Gasteiger partial charge >= 0.3 is 5.97 Å². The van der Waals surface area contributed by atoms with Gasteiger partial charge in [-0.2, -0.15) is 0 Å². The summed E-state index contributed by atoms with van der Waals surface area (Å²) in [5.74, 6) is -2.01. The number of carbonyl (C=O) groups excluding carboxylic acids is 1. The Hall–Kier alpha value is -2.86. The van der Waals surface area contributed by atoms with E-state index in [0.29, 0.717) is 15.3 Å². The molecule has 0 spiro atoms. The van der Waals surface area contributed by atoms with E-state index < -0.39 is 11.9 Å². The van der Waals surface area contributed by atoms with Crippen molar-refractivity contribution in [3.63, 3.8) is 0 Å². The van der Waals surface area contributed by atoms with Crippen molar-refractivity contribution < 1.29 is 19.8 Å². The highest BCUT2D eigenvalue weighted by molar-refractivity contribution is 6.32. The molecule has 0 radical (unpaired) electrons. The monoisotopic (exact) mass is 346 g/mol. The minimum Gasteiger partial charge on any atom is -0.492 e. The molecule has 0 aliphatic heterocycles. The summed E-state index contributed by atoms with van der Waals surface area (Å²) < 4.78 is 2.53. The summed E-state index contributed by atoms with van der Waals surface area (Å²) in [6.07, 6.45) is 3.74. The smallest absolute Gasteiger partial charge is 0.340 e. The van der Waals surface area contributed by atoms with Crippen molar-refractivity contribution in [2.75, 3.05) is 0 Å². The second-order valence-corrected chi connectivity index (χ2v) is 5.68. The van der Waals surface area contributed by atoms with Crippen molar-refractivity contribution in [1.82, 2.24) is 9.30 Å². The Bertz CT molecular complexity index is 851. The lowest BCUT2D eigenvalue weighted by molar-refractivity contribution is -0.146. The minimum absolute atomic E-state index is 0.367. The molecule has 0 fully saturated rings. The molecule has 0 saturated heterocycles. The van der Waals surface area contributed by atoms with E-state index in [4.69, 9.17) is 16.4 Å². The molecule has 124 valence electrons. The van der Waals surface area contributed by atoms with Crippen molar-refractivity contribution in [3.05, 3.63) is 65.4 Å². The number of hydrogen-bond donors (Lipinski definition) is 2. The Morgan fingerprint density at radius 2 is 1.75 bits per heavy atom. The van der Waals surface area contributed by atoms with Crippen LogP contribution in [0.5, 0.6) is 11.8 Å². The molecule has 3 rings (SSSR count). The molecule has 1 atom stereocenters. The Kier molecular flexibility index (Phi) is 4.22. The molecule has 0 aliphatic carbocycles. The molecule has 0 bridgehead atoms. The Balaban J connectivity index is 1.81. The van der Waals surface area contributed by atoms with Gasteiger partial charge in [0.1, 0.15) is 0 Å². The molecule has 0 saturated carbocycles. The molecule has 2 heterocycles. The van der Waals surface area contributed by atoms with Crippen molar-refractivity contribution in [3.8, 4) is 17.4 Å². The summed E-state index contributed by atoms with van der Waals surface area (Å²) in [6.45, 7) is 1.65. The normalized spacial score (nSPS) is 12.1. The summed E-state index contributed by atoms with van der Waals surface area (Å²) in [7, 11) is 0. The van der Waals surface area contributed by atoms with Crippen LogP contribution in [0.3, 0.4) is 0 Å². The summed E-state index contributed by atoms with van der Waals surface area (Å²) in [6, 6.07) is 11.5. The maximum Gasteiger partial charge on any atom is 0.340 e. The lowest BCUT2D eigenvalue weighted by Crippen LogP contribution is -2.24. The molecular formula is C17H15ClN2O4. The third-order valence-electron chi connectivity index (χ3n) is 3.69. The van der Waals surface area contributed by atoms with E-state index in [1.165, 1.54) is 12.1 Å². The van der Waals surface area contributed by atoms with Gasteiger partial charge in [0.25, 0.3) is 0 Å². The van der Waals surface area contributed by atoms with Gasteiger partial charge in [0, 0.05) is 24.5 Å². The Morgan fingerprint density at radius 1 is 1.12 bits per heavy atom. The first-order chi connectivity index (χ1) is 11.5. The van der Waals surface area contributed by atoms with Gasteiger partial charge in [0.15, 0.2) is 0 Å². The average molecular weight is 347 g/mol. The number of nitrogens with zero attached hydrogens (tertiary/aromatic N) is 2. The molecule has 6 nitrogen and oxygen atoms in total. The fourth-order valence-electron chi connectivity index (χ4n) is 2.30. The molecule has 2 N–H and O–H groups in total. The first kappa shape index (κ1) is 16.0. The van der Waals surface area contributed by atoms with E-state index in [1.54, 1.807) is 19.1 Å². The third kappa shape index (κ3) is 2.96. The highest BCUT2D eigenvalue weighted by atomic mass is 35.5. The predicted molar refractivity (Wildman–Crippen MR) is 88.5 cm³/mol. The van der Waals surface area contributed by atoms with E-state index in [-0.39, 0.29) is 11.8 Å². The zero-order valence-electron chi connectivity index (χ0n) is 12.8. The van der Waals surface area contributed by atoms with Crippen molar-refractivity contribution in [2.45, 2.75) is 12.8 Å². The molecule has 24 heavy (non-hydrogen) atoms. The van der Waals surface area contributed by atoms with Gasteiger partial charge in [0.05, 0.1) is 16.6 Å². The number of carbonyl (C=O) groups is 1. The van der Waals surface area contributed by atoms with Crippen molar-refractivity contribution >= 4 is 17.6 Å². The summed E-state index contributed by atoms with van der Waals surface area (Å²) in [4.78, 5) is 17.2. The molecular weight excluding hydrogens is 332 g/mol. The second-order valence-electron chi connectivity index (χ2n) is 5.28. The van der Waals surface area contributed by atoms with Gasteiger partial charge in [-0.15, -0.1) is 4.73 Å². The number of hydrogen-bond acceptors (Lipinski definition) is 4. The maximum atomic E-state index is 12.2. The molecule has 1 unspecified atom stereocenters. The zero-order valence-corrected chi connectivity index (χ0v) is 13.5. The van der Waals surface area contributed by atoms with E-state index in [1.807, 2.05) is 35.2 Å². The van der Waals surface area contributed by atoms with E-state index in [9.17, 15) is 15.0 Å². The first-order valence-electron chi connectivity index (χ1n) is 7.22.